The van der Waals surface area contributed by atoms with Crippen LogP contribution in [0.15, 0.2) is 12.2 Å². The summed E-state index contributed by atoms with van der Waals surface area (Å²) in [5.41, 5.74) is 0. The second kappa shape index (κ2) is 7.35. The summed E-state index contributed by atoms with van der Waals surface area (Å²) in [6, 6.07) is 0. The minimum absolute atomic E-state index is 0.911. The third kappa shape index (κ3) is 5.36. The monoisotopic (exact) mass is 167 g/mol. The summed E-state index contributed by atoms with van der Waals surface area (Å²) >= 11 is 0. The fourth-order valence-electron chi connectivity index (χ4n) is 1.40. The van der Waals surface area contributed by atoms with Crippen molar-refractivity contribution in [2.45, 2.75) is 44.9 Å². The molecule has 1 aliphatic heterocycles. The van der Waals surface area contributed by atoms with Gasteiger partial charge in [0.1, 0.15) is 0 Å². The molecule has 12 heavy (non-hydrogen) atoms. The average molecular weight is 167 g/mol. The Kier molecular flexibility index (Phi) is 6.00. The highest BCUT2D eigenvalue weighted by Crippen LogP contribution is 2.08. The van der Waals surface area contributed by atoms with Gasteiger partial charge >= 0.3 is 0 Å². The van der Waals surface area contributed by atoms with Gasteiger partial charge in [-0.05, 0) is 25.7 Å². The molecule has 1 heterocycles. The Morgan fingerprint density at radius 1 is 0.833 bits per heavy atom. The van der Waals surface area contributed by atoms with Crippen molar-refractivity contribution >= 4 is 0 Å². The summed E-state index contributed by atoms with van der Waals surface area (Å²) in [6.45, 7) is 2.83. The van der Waals surface area contributed by atoms with Gasteiger partial charge in [0, 0.05) is 6.61 Å². The van der Waals surface area contributed by atoms with Gasteiger partial charge in [-0.2, -0.15) is 0 Å². The van der Waals surface area contributed by atoms with E-state index < -0.39 is 0 Å². The van der Waals surface area contributed by atoms with Crippen molar-refractivity contribution in [3.8, 4) is 0 Å². The zero-order chi connectivity index (χ0) is 8.49. The molecule has 0 aliphatic carbocycles. The molecule has 0 bridgehead atoms. The summed E-state index contributed by atoms with van der Waals surface area (Å²) in [4.78, 5) is 0. The minimum Gasteiger partial charge on any atom is -0.375 e. The molecule has 0 fully saturated rings. The standard InChI is InChI=1S/C11H19O/c1-2-4-6-8-10-12-11-9-7-5-3-1/h4,6,10H,1-3,5,7-9,11H2/b6-4-. The summed E-state index contributed by atoms with van der Waals surface area (Å²) in [5.74, 6) is 0. The molecule has 0 aromatic rings. The van der Waals surface area contributed by atoms with Gasteiger partial charge in [-0.1, -0.05) is 31.4 Å². The fourth-order valence-corrected chi connectivity index (χ4v) is 1.40. The first-order valence-electron chi connectivity index (χ1n) is 5.08. The van der Waals surface area contributed by atoms with Crippen LogP contribution in [0.5, 0.6) is 0 Å². The van der Waals surface area contributed by atoms with Gasteiger partial charge in [-0.3, -0.25) is 0 Å². The zero-order valence-electron chi connectivity index (χ0n) is 7.80. The predicted octanol–water partition coefficient (Wildman–Crippen LogP) is 3.47. The number of hydrogen-bond donors (Lipinski definition) is 0. The Morgan fingerprint density at radius 2 is 1.67 bits per heavy atom. The average Bonchev–Trinajstić information content (AvgIpc) is 2.05. The van der Waals surface area contributed by atoms with Crippen LogP contribution in [0, 0.1) is 6.61 Å². The lowest BCUT2D eigenvalue weighted by molar-refractivity contribution is 0.190. The molecule has 0 saturated heterocycles. The molecule has 0 amide bonds. The van der Waals surface area contributed by atoms with Crippen LogP contribution in [0.2, 0.25) is 0 Å². The maximum absolute atomic E-state index is 5.33. The molecule has 0 N–H and O–H groups in total. The Bertz CT molecular complexity index is 104. The maximum atomic E-state index is 5.33. The van der Waals surface area contributed by atoms with Gasteiger partial charge in [0.25, 0.3) is 0 Å². The van der Waals surface area contributed by atoms with Gasteiger partial charge < -0.3 is 4.74 Å². The summed E-state index contributed by atoms with van der Waals surface area (Å²) in [7, 11) is 0. The van der Waals surface area contributed by atoms with Crippen molar-refractivity contribution in [3.63, 3.8) is 0 Å². The van der Waals surface area contributed by atoms with E-state index in [1.165, 1.54) is 38.5 Å². The quantitative estimate of drug-likeness (QED) is 0.502. The van der Waals surface area contributed by atoms with E-state index in [4.69, 9.17) is 4.74 Å². The molecule has 0 spiro atoms. The van der Waals surface area contributed by atoms with Crippen LogP contribution in [-0.2, 0) is 4.74 Å². The zero-order valence-corrected chi connectivity index (χ0v) is 7.80. The Morgan fingerprint density at radius 3 is 2.67 bits per heavy atom. The highest BCUT2D eigenvalue weighted by Gasteiger charge is 1.92. The largest absolute Gasteiger partial charge is 0.375 e. The molecule has 1 nitrogen and oxygen atoms in total. The van der Waals surface area contributed by atoms with Gasteiger partial charge in [0.15, 0.2) is 0 Å². The first-order chi connectivity index (χ1) is 6.00. The molecule has 1 heteroatoms. The topological polar surface area (TPSA) is 9.23 Å². The Balaban J connectivity index is 2.10. The van der Waals surface area contributed by atoms with E-state index in [9.17, 15) is 0 Å². The van der Waals surface area contributed by atoms with Crippen molar-refractivity contribution in [1.29, 1.82) is 0 Å². The Labute approximate surface area is 75.8 Å². The molecule has 0 aromatic carbocycles. The molecule has 1 aliphatic rings. The van der Waals surface area contributed by atoms with Crippen LogP contribution in [0.4, 0.5) is 0 Å². The van der Waals surface area contributed by atoms with Crippen LogP contribution in [0.3, 0.4) is 0 Å². The number of ether oxygens (including phenoxy) is 1. The summed E-state index contributed by atoms with van der Waals surface area (Å²) in [6.07, 6.45) is 13.3. The summed E-state index contributed by atoms with van der Waals surface area (Å²) < 4.78 is 5.33. The van der Waals surface area contributed by atoms with Gasteiger partial charge in [0.05, 0.1) is 6.61 Å². The normalized spacial score (nSPS) is 25.3. The van der Waals surface area contributed by atoms with Gasteiger partial charge in [-0.25, -0.2) is 0 Å². The fraction of sp³-hybridized carbons (Fsp3) is 0.727. The third-order valence-electron chi connectivity index (χ3n) is 2.15. The van der Waals surface area contributed by atoms with E-state index in [2.05, 4.69) is 12.2 Å². The molecule has 1 rings (SSSR count). The molecule has 0 saturated carbocycles. The van der Waals surface area contributed by atoms with Crippen LogP contribution in [0.1, 0.15) is 44.9 Å². The lowest BCUT2D eigenvalue weighted by Gasteiger charge is -2.03. The number of allylic oxidation sites excluding steroid dienone is 1. The molecular formula is C11H19O. The van der Waals surface area contributed by atoms with Crippen molar-refractivity contribution in [2.24, 2.45) is 0 Å². The van der Waals surface area contributed by atoms with E-state index in [0.717, 1.165) is 13.0 Å². The third-order valence-corrected chi connectivity index (χ3v) is 2.15. The van der Waals surface area contributed by atoms with Crippen LogP contribution in [-0.4, -0.2) is 6.61 Å². The SMILES string of the molecule is [CH]1C/C=C\CCCCCCCO1. The molecule has 0 atom stereocenters. The van der Waals surface area contributed by atoms with Gasteiger partial charge in [-0.15, -0.1) is 0 Å². The van der Waals surface area contributed by atoms with E-state index >= 15 is 0 Å². The highest BCUT2D eigenvalue weighted by atomic mass is 16.5. The Hall–Kier alpha value is -0.300. The smallest absolute Gasteiger partial charge is 0.0873 e. The lowest BCUT2D eigenvalue weighted by Crippen LogP contribution is -1.92. The van der Waals surface area contributed by atoms with Crippen molar-refractivity contribution < 1.29 is 4.74 Å². The van der Waals surface area contributed by atoms with Crippen molar-refractivity contribution in [2.75, 3.05) is 6.61 Å². The van der Waals surface area contributed by atoms with Crippen molar-refractivity contribution in [3.05, 3.63) is 18.8 Å². The lowest BCUT2D eigenvalue weighted by atomic mass is 10.1. The van der Waals surface area contributed by atoms with Gasteiger partial charge in [0.2, 0.25) is 0 Å². The van der Waals surface area contributed by atoms with E-state index in [0.29, 0.717) is 0 Å². The van der Waals surface area contributed by atoms with Crippen LogP contribution in [0.25, 0.3) is 0 Å². The first-order valence-corrected chi connectivity index (χ1v) is 5.08. The molecular weight excluding hydrogens is 148 g/mol. The molecule has 0 unspecified atom stereocenters. The second-order valence-corrected chi connectivity index (χ2v) is 3.30. The second-order valence-electron chi connectivity index (χ2n) is 3.30. The summed E-state index contributed by atoms with van der Waals surface area (Å²) in [5, 5.41) is 0. The van der Waals surface area contributed by atoms with E-state index in [1.54, 1.807) is 0 Å². The van der Waals surface area contributed by atoms with E-state index in [1.807, 2.05) is 6.61 Å². The number of hydrogen-bond acceptors (Lipinski definition) is 1. The molecule has 69 valence electrons. The molecule has 1 radical (unpaired) electrons. The van der Waals surface area contributed by atoms with E-state index in [-0.39, 0.29) is 0 Å². The number of rotatable bonds is 0. The molecule has 0 aromatic heterocycles. The minimum atomic E-state index is 0.911. The predicted molar refractivity (Wildman–Crippen MR) is 51.7 cm³/mol. The van der Waals surface area contributed by atoms with Crippen LogP contribution < -0.4 is 0 Å². The van der Waals surface area contributed by atoms with Crippen LogP contribution >= 0.6 is 0 Å². The first kappa shape index (κ1) is 9.79. The highest BCUT2D eigenvalue weighted by molar-refractivity contribution is 4.84. The maximum Gasteiger partial charge on any atom is 0.0873 e. The van der Waals surface area contributed by atoms with Crippen molar-refractivity contribution in [1.82, 2.24) is 0 Å².